The van der Waals surface area contributed by atoms with E-state index in [-0.39, 0.29) is 51.0 Å². The summed E-state index contributed by atoms with van der Waals surface area (Å²) in [6.45, 7) is 4.40. The molecular formula is C41H48F7N5O9S. The third-order valence-electron chi connectivity index (χ3n) is 11.5. The van der Waals surface area contributed by atoms with Crippen molar-refractivity contribution >= 4 is 39.9 Å². The van der Waals surface area contributed by atoms with Gasteiger partial charge >= 0.3 is 24.5 Å². The molecular weight excluding hydrogens is 872 g/mol. The van der Waals surface area contributed by atoms with Crippen LogP contribution in [0.1, 0.15) is 106 Å². The van der Waals surface area contributed by atoms with Gasteiger partial charge in [0.1, 0.15) is 35.1 Å². The fraction of sp³-hybridized carbons (Fsp3) is 0.585. The summed E-state index contributed by atoms with van der Waals surface area (Å²) in [5, 5.41) is 5.17. The summed E-state index contributed by atoms with van der Waals surface area (Å²) >= 11 is 0. The van der Waals surface area contributed by atoms with Gasteiger partial charge < -0.3 is 25.0 Å². The Morgan fingerprint density at radius 2 is 1.60 bits per heavy atom. The van der Waals surface area contributed by atoms with Crippen LogP contribution in [0.4, 0.5) is 40.3 Å². The second-order valence-electron chi connectivity index (χ2n) is 17.4. The van der Waals surface area contributed by atoms with Gasteiger partial charge in [0.15, 0.2) is 0 Å². The lowest BCUT2D eigenvalue weighted by molar-refractivity contribution is -0.143. The number of nitrogens with one attached hydrogen (secondary N) is 3. The maximum atomic E-state index is 14.5. The number of alkyl carbamates (subject to hydrolysis) is 1. The van der Waals surface area contributed by atoms with Crippen molar-refractivity contribution in [1.29, 1.82) is 0 Å². The Labute approximate surface area is 358 Å². The van der Waals surface area contributed by atoms with Crippen LogP contribution in [0.5, 0.6) is 0 Å². The maximum Gasteiger partial charge on any atom is 0.416 e. The molecule has 4 aliphatic rings. The predicted molar refractivity (Wildman–Crippen MR) is 208 cm³/mol. The molecule has 346 valence electrons. The van der Waals surface area contributed by atoms with Crippen LogP contribution >= 0.6 is 0 Å². The number of ether oxygens (including phenoxy) is 2. The number of amides is 5. The number of fused-ring (bicyclic) bond motifs is 3. The summed E-state index contributed by atoms with van der Waals surface area (Å²) in [4.78, 5) is 71.5. The second-order valence-corrected chi connectivity index (χ2v) is 19.2. The van der Waals surface area contributed by atoms with Crippen molar-refractivity contribution in [3.8, 4) is 0 Å². The van der Waals surface area contributed by atoms with E-state index >= 15 is 0 Å². The molecule has 0 aromatic heterocycles. The lowest BCUT2D eigenvalue weighted by Crippen LogP contribution is -2.58. The highest BCUT2D eigenvalue weighted by molar-refractivity contribution is 7.89. The van der Waals surface area contributed by atoms with E-state index in [1.54, 1.807) is 31.6 Å². The van der Waals surface area contributed by atoms with Gasteiger partial charge in [0.25, 0.3) is 5.91 Å². The van der Waals surface area contributed by atoms with E-state index in [0.717, 1.165) is 4.90 Å². The van der Waals surface area contributed by atoms with Crippen molar-refractivity contribution < 1.29 is 72.6 Å². The fourth-order valence-corrected chi connectivity index (χ4v) is 9.56. The topological polar surface area (TPSA) is 181 Å². The molecule has 3 N–H and O–H groups in total. The second kappa shape index (κ2) is 17.8. The Morgan fingerprint density at radius 3 is 2.25 bits per heavy atom. The number of benzene rings is 2. The smallest absolute Gasteiger partial charge is 0.416 e. The Morgan fingerprint density at radius 1 is 0.921 bits per heavy atom. The van der Waals surface area contributed by atoms with Crippen LogP contribution in [0, 0.1) is 11.7 Å². The van der Waals surface area contributed by atoms with Gasteiger partial charge in [0.2, 0.25) is 21.8 Å². The van der Waals surface area contributed by atoms with E-state index in [9.17, 15) is 63.1 Å². The van der Waals surface area contributed by atoms with Gasteiger partial charge in [0, 0.05) is 18.5 Å². The molecule has 1 saturated carbocycles. The summed E-state index contributed by atoms with van der Waals surface area (Å²) in [6, 6.07) is 2.11. The molecule has 63 heavy (non-hydrogen) atoms. The number of hydrogen-bond acceptors (Lipinski definition) is 9. The van der Waals surface area contributed by atoms with E-state index < -0.39 is 116 Å². The molecule has 2 aromatic rings. The zero-order chi connectivity index (χ0) is 46.3. The Bertz CT molecular complexity index is 2230. The number of alkyl halides is 6. The maximum absolute atomic E-state index is 14.5. The molecule has 5 amide bonds. The molecule has 2 saturated heterocycles. The minimum absolute atomic E-state index is 0.0192. The van der Waals surface area contributed by atoms with Crippen LogP contribution in [0.2, 0.25) is 0 Å². The lowest BCUT2D eigenvalue weighted by Gasteiger charge is -2.30. The summed E-state index contributed by atoms with van der Waals surface area (Å²) in [5.41, 5.74) is -6.64. The molecule has 0 radical (unpaired) electrons. The molecule has 5 atom stereocenters. The Balaban J connectivity index is 1.26. The fourth-order valence-electron chi connectivity index (χ4n) is 8.36. The number of rotatable bonds is 6. The number of carbonyl (C=O) groups is 5. The van der Waals surface area contributed by atoms with Crippen molar-refractivity contribution in [1.82, 2.24) is 25.2 Å². The van der Waals surface area contributed by atoms with Gasteiger partial charge in [-0.05, 0) is 75.3 Å². The molecule has 3 heterocycles. The quantitative estimate of drug-likeness (QED) is 0.275. The molecule has 3 fully saturated rings. The minimum atomic E-state index is -5.40. The van der Waals surface area contributed by atoms with Crippen molar-refractivity contribution in [2.75, 3.05) is 6.54 Å². The first-order valence-electron chi connectivity index (χ1n) is 20.4. The van der Waals surface area contributed by atoms with Gasteiger partial charge in [-0.25, -0.2) is 22.4 Å². The molecule has 6 rings (SSSR count). The normalized spacial score (nSPS) is 24.8. The first-order valence-corrected chi connectivity index (χ1v) is 22.1. The van der Waals surface area contributed by atoms with Gasteiger partial charge in [-0.2, -0.15) is 26.3 Å². The highest BCUT2D eigenvalue weighted by Crippen LogP contribution is 2.48. The third kappa shape index (κ3) is 11.3. The third-order valence-corrected chi connectivity index (χ3v) is 12.7. The van der Waals surface area contributed by atoms with Crippen molar-refractivity contribution in [2.24, 2.45) is 5.92 Å². The lowest BCUT2D eigenvalue weighted by atomic mass is 10.0. The Hall–Kier alpha value is -5.15. The first kappa shape index (κ1) is 47.3. The number of nitrogens with zero attached hydrogens (tertiary/aromatic N) is 2. The van der Waals surface area contributed by atoms with Gasteiger partial charge in [-0.3, -0.25) is 24.0 Å². The standard InChI is InChI=1S/C41H48F7N5O9S/c1-38(2,3)62-36(57)49-31-13-8-6-4-5-7-11-26-18-39(26,35(56)51-63(59,60)22-24-14-15-25(40(43,44)45)16-29(24)41(46,47)48)50-33(54)32-17-27(20-53(32)34(31)55)61-37(58)52-19-23-10-9-12-30(42)28(23)21-52/h9-10,12,14-16,26-27,31-32H,4-8,11,13,17-22H2,1-3H3,(H,49,57)(H,50,54)(H,51,56)/t26-,27-,31+,32+,39-/m1/s1. The van der Waals surface area contributed by atoms with E-state index in [1.807, 2.05) is 0 Å². The molecule has 0 spiro atoms. The number of hydrogen-bond donors (Lipinski definition) is 3. The molecule has 0 bridgehead atoms. The van der Waals surface area contributed by atoms with Crippen molar-refractivity contribution in [2.45, 2.75) is 139 Å². The number of halogens is 7. The zero-order valence-electron chi connectivity index (χ0n) is 34.6. The summed E-state index contributed by atoms with van der Waals surface area (Å²) in [5.74, 6) is -5.77. The van der Waals surface area contributed by atoms with E-state index in [4.69, 9.17) is 9.47 Å². The van der Waals surface area contributed by atoms with E-state index in [2.05, 4.69) is 10.6 Å². The van der Waals surface area contributed by atoms with Crippen LogP contribution in [-0.2, 0) is 65.1 Å². The summed E-state index contributed by atoms with van der Waals surface area (Å²) in [6.07, 6.45) is -10.6. The largest absolute Gasteiger partial charge is 0.444 e. The monoisotopic (exact) mass is 919 g/mol. The molecule has 14 nitrogen and oxygen atoms in total. The SMILES string of the molecule is CC(C)(C)OC(=O)N[C@H]1CCCCCCC[C@@H]2C[C@@]2(C(=O)NS(=O)(=O)Cc2ccc(C(F)(F)F)cc2C(F)(F)F)NC(=O)[C@@H]2C[C@@H](OC(=O)N3Cc4cccc(F)c4C3)CN2C1=O. The van der Waals surface area contributed by atoms with Crippen LogP contribution < -0.4 is 15.4 Å². The molecule has 22 heteroatoms. The van der Waals surface area contributed by atoms with Crippen LogP contribution in [0.15, 0.2) is 36.4 Å². The van der Waals surface area contributed by atoms with Crippen LogP contribution in [0.25, 0.3) is 0 Å². The summed E-state index contributed by atoms with van der Waals surface area (Å²) < 4.78 is 136. The van der Waals surface area contributed by atoms with Gasteiger partial charge in [-0.15, -0.1) is 0 Å². The van der Waals surface area contributed by atoms with Crippen LogP contribution in [0.3, 0.4) is 0 Å². The molecule has 3 aliphatic heterocycles. The predicted octanol–water partition coefficient (Wildman–Crippen LogP) is 6.44. The highest BCUT2D eigenvalue weighted by Gasteiger charge is 2.62. The van der Waals surface area contributed by atoms with Crippen molar-refractivity contribution in [3.63, 3.8) is 0 Å². The molecule has 0 unspecified atom stereocenters. The average molecular weight is 920 g/mol. The first-order chi connectivity index (χ1) is 29.3. The van der Waals surface area contributed by atoms with E-state index in [1.165, 1.54) is 17.0 Å². The van der Waals surface area contributed by atoms with Crippen molar-refractivity contribution in [3.05, 3.63) is 70.0 Å². The van der Waals surface area contributed by atoms with Gasteiger partial charge in [-0.1, -0.05) is 50.3 Å². The number of carbonyl (C=O) groups excluding carboxylic acids is 5. The average Bonchev–Trinajstić information content (AvgIpc) is 3.44. The minimum Gasteiger partial charge on any atom is -0.444 e. The molecule has 2 aromatic carbocycles. The summed E-state index contributed by atoms with van der Waals surface area (Å²) in [7, 11) is -5.05. The van der Waals surface area contributed by atoms with Gasteiger partial charge in [0.05, 0.1) is 30.0 Å². The Kier molecular flexibility index (Phi) is 13.4. The highest BCUT2D eigenvalue weighted by atomic mass is 32.2. The zero-order valence-corrected chi connectivity index (χ0v) is 35.4. The number of sulfonamides is 1. The van der Waals surface area contributed by atoms with Crippen LogP contribution in [-0.4, -0.2) is 84.0 Å². The molecule has 1 aliphatic carbocycles. The van der Waals surface area contributed by atoms with E-state index in [0.29, 0.717) is 55.7 Å².